The molecular formula is C15H22ClNO2. The van der Waals surface area contributed by atoms with Crippen molar-refractivity contribution in [2.75, 3.05) is 19.6 Å². The largest absolute Gasteiger partial charge is 0.480 e. The number of rotatable bonds is 5. The maximum absolute atomic E-state index is 10.7. The van der Waals surface area contributed by atoms with E-state index in [4.69, 9.17) is 5.11 Å². The van der Waals surface area contributed by atoms with Crippen LogP contribution < -0.4 is 0 Å². The highest BCUT2D eigenvalue weighted by Gasteiger charge is 2.33. The zero-order valence-corrected chi connectivity index (χ0v) is 12.2. The Kier molecular flexibility index (Phi) is 5.83. The molecule has 1 atom stereocenters. The lowest BCUT2D eigenvalue weighted by Gasteiger charge is -2.24. The van der Waals surface area contributed by atoms with Crippen molar-refractivity contribution < 1.29 is 9.90 Å². The van der Waals surface area contributed by atoms with E-state index in [1.165, 1.54) is 5.56 Å². The van der Waals surface area contributed by atoms with Crippen LogP contribution in [0, 0.1) is 5.41 Å². The summed E-state index contributed by atoms with van der Waals surface area (Å²) >= 11 is 0. The SMILES string of the molecule is CC1(CCc2ccccc2)CCN(CC(=O)O)C1.Cl. The lowest BCUT2D eigenvalue weighted by Crippen LogP contribution is -2.30. The Bertz CT molecular complexity index is 410. The first kappa shape index (κ1) is 16.0. The number of benzene rings is 1. The highest BCUT2D eigenvalue weighted by Crippen LogP contribution is 2.34. The second-order valence-corrected chi connectivity index (χ2v) is 5.65. The van der Waals surface area contributed by atoms with Crippen LogP contribution in [-0.2, 0) is 11.2 Å². The van der Waals surface area contributed by atoms with Gasteiger partial charge in [0.2, 0.25) is 0 Å². The summed E-state index contributed by atoms with van der Waals surface area (Å²) in [5.74, 6) is -0.720. The third-order valence-corrected chi connectivity index (χ3v) is 3.86. The maximum Gasteiger partial charge on any atom is 0.317 e. The number of carboxylic acids is 1. The van der Waals surface area contributed by atoms with E-state index in [0.717, 1.165) is 32.4 Å². The van der Waals surface area contributed by atoms with Crippen molar-refractivity contribution in [2.24, 2.45) is 5.41 Å². The quantitative estimate of drug-likeness (QED) is 0.903. The Balaban J connectivity index is 0.00000180. The molecule has 0 radical (unpaired) electrons. The maximum atomic E-state index is 10.7. The number of aliphatic carboxylic acids is 1. The summed E-state index contributed by atoms with van der Waals surface area (Å²) in [5, 5.41) is 8.81. The number of halogens is 1. The van der Waals surface area contributed by atoms with Crippen LogP contribution in [0.4, 0.5) is 0 Å². The van der Waals surface area contributed by atoms with Crippen molar-refractivity contribution in [1.29, 1.82) is 0 Å². The van der Waals surface area contributed by atoms with Crippen LogP contribution >= 0.6 is 12.4 Å². The highest BCUT2D eigenvalue weighted by atomic mass is 35.5. The third kappa shape index (κ3) is 4.84. The van der Waals surface area contributed by atoms with E-state index in [-0.39, 0.29) is 24.4 Å². The standard InChI is InChI=1S/C15H21NO2.ClH/c1-15(8-7-13-5-3-2-4-6-13)9-10-16(12-15)11-14(17)18;/h2-6H,7-12H2,1H3,(H,17,18);1H. The molecule has 1 fully saturated rings. The van der Waals surface area contributed by atoms with Gasteiger partial charge in [-0.25, -0.2) is 0 Å². The van der Waals surface area contributed by atoms with Crippen molar-refractivity contribution in [3.63, 3.8) is 0 Å². The topological polar surface area (TPSA) is 40.5 Å². The molecule has 1 saturated heterocycles. The average Bonchev–Trinajstić information content (AvgIpc) is 2.70. The first-order valence-corrected chi connectivity index (χ1v) is 6.55. The van der Waals surface area contributed by atoms with Crippen molar-refractivity contribution >= 4 is 18.4 Å². The van der Waals surface area contributed by atoms with Gasteiger partial charge in [-0.2, -0.15) is 0 Å². The molecule has 1 aromatic carbocycles. The molecule has 19 heavy (non-hydrogen) atoms. The minimum Gasteiger partial charge on any atom is -0.480 e. The molecule has 0 aromatic heterocycles. The summed E-state index contributed by atoms with van der Waals surface area (Å²) < 4.78 is 0. The number of aryl methyl sites for hydroxylation is 1. The third-order valence-electron chi connectivity index (χ3n) is 3.86. The van der Waals surface area contributed by atoms with Gasteiger partial charge in [-0.15, -0.1) is 12.4 Å². The number of hydrogen-bond donors (Lipinski definition) is 1. The predicted molar refractivity (Wildman–Crippen MR) is 78.8 cm³/mol. The molecule has 0 bridgehead atoms. The van der Waals surface area contributed by atoms with E-state index < -0.39 is 5.97 Å². The molecule has 106 valence electrons. The lowest BCUT2D eigenvalue weighted by molar-refractivity contribution is -0.138. The van der Waals surface area contributed by atoms with Crippen molar-refractivity contribution in [2.45, 2.75) is 26.2 Å². The summed E-state index contributed by atoms with van der Waals surface area (Å²) in [5.41, 5.74) is 1.64. The number of nitrogens with zero attached hydrogens (tertiary/aromatic N) is 1. The summed E-state index contributed by atoms with van der Waals surface area (Å²) in [4.78, 5) is 12.8. The fourth-order valence-electron chi connectivity index (χ4n) is 2.75. The van der Waals surface area contributed by atoms with Gasteiger partial charge in [0, 0.05) is 6.54 Å². The molecule has 1 N–H and O–H groups in total. The normalized spacial score (nSPS) is 23.0. The van der Waals surface area contributed by atoms with Gasteiger partial charge >= 0.3 is 5.97 Å². The summed E-state index contributed by atoms with van der Waals surface area (Å²) in [7, 11) is 0. The Morgan fingerprint density at radius 2 is 2.05 bits per heavy atom. The summed E-state index contributed by atoms with van der Waals surface area (Å²) in [6.07, 6.45) is 3.32. The van der Waals surface area contributed by atoms with Gasteiger partial charge in [0.1, 0.15) is 0 Å². The monoisotopic (exact) mass is 283 g/mol. The fraction of sp³-hybridized carbons (Fsp3) is 0.533. The van der Waals surface area contributed by atoms with Gasteiger partial charge in [0.15, 0.2) is 0 Å². The van der Waals surface area contributed by atoms with E-state index in [1.807, 2.05) is 11.0 Å². The first-order valence-electron chi connectivity index (χ1n) is 6.55. The van der Waals surface area contributed by atoms with Crippen LogP contribution in [0.5, 0.6) is 0 Å². The predicted octanol–water partition coefficient (Wildman–Crippen LogP) is 2.84. The lowest BCUT2D eigenvalue weighted by atomic mass is 9.83. The van der Waals surface area contributed by atoms with Crippen LogP contribution in [0.3, 0.4) is 0 Å². The zero-order chi connectivity index (χ0) is 13.0. The molecule has 1 heterocycles. The van der Waals surface area contributed by atoms with Crippen molar-refractivity contribution in [3.8, 4) is 0 Å². The van der Waals surface area contributed by atoms with Gasteiger partial charge in [-0.1, -0.05) is 37.3 Å². The molecule has 1 aliphatic heterocycles. The van der Waals surface area contributed by atoms with Gasteiger partial charge < -0.3 is 5.11 Å². The van der Waals surface area contributed by atoms with Crippen molar-refractivity contribution in [3.05, 3.63) is 35.9 Å². The number of likely N-dealkylation sites (tertiary alicyclic amines) is 1. The van der Waals surface area contributed by atoms with Crippen LogP contribution in [0.25, 0.3) is 0 Å². The molecule has 1 aliphatic rings. The van der Waals surface area contributed by atoms with E-state index in [1.54, 1.807) is 0 Å². The molecule has 1 aromatic rings. The molecule has 0 amide bonds. The molecule has 0 spiro atoms. The van der Waals surface area contributed by atoms with E-state index in [2.05, 4.69) is 31.2 Å². The van der Waals surface area contributed by atoms with Gasteiger partial charge in [0.25, 0.3) is 0 Å². The van der Waals surface area contributed by atoms with Crippen LogP contribution in [0.2, 0.25) is 0 Å². The summed E-state index contributed by atoms with van der Waals surface area (Å²) in [6, 6.07) is 10.5. The van der Waals surface area contributed by atoms with E-state index >= 15 is 0 Å². The number of carboxylic acid groups (broad SMARTS) is 1. The highest BCUT2D eigenvalue weighted by molar-refractivity contribution is 5.85. The summed E-state index contributed by atoms with van der Waals surface area (Å²) in [6.45, 7) is 4.28. The molecule has 2 rings (SSSR count). The number of carbonyl (C=O) groups is 1. The van der Waals surface area contributed by atoms with Crippen LogP contribution in [0.1, 0.15) is 25.3 Å². The number of hydrogen-bond acceptors (Lipinski definition) is 2. The molecule has 3 nitrogen and oxygen atoms in total. The zero-order valence-electron chi connectivity index (χ0n) is 11.3. The Hall–Kier alpha value is -1.06. The smallest absolute Gasteiger partial charge is 0.317 e. The average molecular weight is 284 g/mol. The molecule has 0 saturated carbocycles. The van der Waals surface area contributed by atoms with Gasteiger partial charge in [-0.05, 0) is 36.8 Å². The van der Waals surface area contributed by atoms with E-state index in [0.29, 0.717) is 0 Å². The second-order valence-electron chi connectivity index (χ2n) is 5.65. The van der Waals surface area contributed by atoms with E-state index in [9.17, 15) is 4.79 Å². The Morgan fingerprint density at radius 3 is 2.68 bits per heavy atom. The second kappa shape index (κ2) is 6.92. The minimum atomic E-state index is -0.720. The molecule has 0 aliphatic carbocycles. The van der Waals surface area contributed by atoms with Crippen molar-refractivity contribution in [1.82, 2.24) is 4.90 Å². The minimum absolute atomic E-state index is 0. The molecule has 1 unspecified atom stereocenters. The molecular weight excluding hydrogens is 262 g/mol. The van der Waals surface area contributed by atoms with Crippen LogP contribution in [-0.4, -0.2) is 35.6 Å². The van der Waals surface area contributed by atoms with Crippen LogP contribution in [0.15, 0.2) is 30.3 Å². The Labute approximate surface area is 121 Å². The Morgan fingerprint density at radius 1 is 1.37 bits per heavy atom. The first-order chi connectivity index (χ1) is 8.57. The van der Waals surface area contributed by atoms with Gasteiger partial charge in [-0.3, -0.25) is 9.69 Å². The molecule has 4 heteroatoms. The fourth-order valence-corrected chi connectivity index (χ4v) is 2.75. The van der Waals surface area contributed by atoms with Gasteiger partial charge in [0.05, 0.1) is 6.54 Å².